The Morgan fingerprint density at radius 3 is 2.08 bits per heavy atom. The maximum absolute atomic E-state index is 13.7. The molecule has 2 aromatic rings. The van der Waals surface area contributed by atoms with Gasteiger partial charge < -0.3 is 10.5 Å². The summed E-state index contributed by atoms with van der Waals surface area (Å²) in [7, 11) is 0. The van der Waals surface area contributed by atoms with Crippen LogP contribution in [-0.4, -0.2) is 0 Å². The van der Waals surface area contributed by atoms with E-state index in [-0.39, 0.29) is 18.4 Å². The van der Waals surface area contributed by atoms with E-state index in [9.17, 15) is 30.7 Å². The third-order valence-corrected chi connectivity index (χ3v) is 3.36. The Hall–Kier alpha value is -2.29. The summed E-state index contributed by atoms with van der Waals surface area (Å²) in [6.07, 6.45) is -9.93. The molecular weight excluding hydrogens is 355 g/mol. The molecule has 0 radical (unpaired) electrons. The van der Waals surface area contributed by atoms with Crippen LogP contribution >= 0.6 is 0 Å². The van der Waals surface area contributed by atoms with Crippen molar-refractivity contribution < 1.29 is 35.5 Å². The second-order valence-electron chi connectivity index (χ2n) is 5.13. The van der Waals surface area contributed by atoms with Gasteiger partial charge in [-0.15, -0.1) is 0 Å². The van der Waals surface area contributed by atoms with Gasteiger partial charge in [0, 0.05) is 12.1 Å². The summed E-state index contributed by atoms with van der Waals surface area (Å²) in [6.45, 7) is -0.680. The third-order valence-electron chi connectivity index (χ3n) is 3.36. The van der Waals surface area contributed by atoms with E-state index in [1.54, 1.807) is 0 Å². The van der Waals surface area contributed by atoms with Crippen LogP contribution < -0.4 is 10.5 Å². The number of rotatable bonds is 4. The number of halogens is 7. The van der Waals surface area contributed by atoms with Gasteiger partial charge >= 0.3 is 12.4 Å². The first kappa shape index (κ1) is 19.0. The van der Waals surface area contributed by atoms with E-state index in [2.05, 4.69) is 0 Å². The molecule has 9 heteroatoms. The lowest BCUT2D eigenvalue weighted by atomic mass is 10.0. The summed E-state index contributed by atoms with van der Waals surface area (Å²) < 4.78 is 95.6. The molecule has 0 atom stereocenters. The highest BCUT2D eigenvalue weighted by molar-refractivity contribution is 5.36. The molecule has 136 valence electrons. The lowest BCUT2D eigenvalue weighted by Gasteiger charge is -2.16. The van der Waals surface area contributed by atoms with E-state index in [4.69, 9.17) is 10.5 Å². The molecule has 0 fully saturated rings. The number of alkyl halides is 6. The largest absolute Gasteiger partial charge is 0.486 e. The minimum atomic E-state index is -5.01. The fourth-order valence-corrected chi connectivity index (χ4v) is 2.09. The number of hydrogen-bond acceptors (Lipinski definition) is 2. The molecule has 0 bridgehead atoms. The topological polar surface area (TPSA) is 35.2 Å². The second kappa shape index (κ2) is 6.91. The summed E-state index contributed by atoms with van der Waals surface area (Å²) in [5, 5.41) is 0. The van der Waals surface area contributed by atoms with Gasteiger partial charge in [0.2, 0.25) is 0 Å². The Bertz CT molecular complexity index is 753. The van der Waals surface area contributed by atoms with Gasteiger partial charge in [-0.2, -0.15) is 26.3 Å². The van der Waals surface area contributed by atoms with Crippen molar-refractivity contribution in [2.75, 3.05) is 0 Å². The fraction of sp³-hybridized carbons (Fsp3) is 0.250. The summed E-state index contributed by atoms with van der Waals surface area (Å²) in [5.41, 5.74) is 2.33. The number of benzene rings is 2. The molecule has 0 saturated heterocycles. The van der Waals surface area contributed by atoms with Crippen LogP contribution in [0.1, 0.15) is 22.3 Å². The van der Waals surface area contributed by atoms with Crippen LogP contribution in [0.15, 0.2) is 36.4 Å². The summed E-state index contributed by atoms with van der Waals surface area (Å²) in [5.74, 6) is -1.16. The smallest absolute Gasteiger partial charge is 0.416 e. The average molecular weight is 367 g/mol. The van der Waals surface area contributed by atoms with E-state index in [1.165, 1.54) is 12.1 Å². The van der Waals surface area contributed by atoms with Crippen molar-refractivity contribution in [2.45, 2.75) is 25.5 Å². The van der Waals surface area contributed by atoms with E-state index in [0.717, 1.165) is 6.07 Å². The highest BCUT2D eigenvalue weighted by Gasteiger charge is 2.38. The Morgan fingerprint density at radius 1 is 0.880 bits per heavy atom. The molecule has 0 aliphatic heterocycles. The molecule has 0 spiro atoms. The zero-order chi connectivity index (χ0) is 18.8. The summed E-state index contributed by atoms with van der Waals surface area (Å²) >= 11 is 0. The zero-order valence-electron chi connectivity index (χ0n) is 12.5. The molecule has 0 heterocycles. The van der Waals surface area contributed by atoms with Gasteiger partial charge in [-0.1, -0.05) is 12.1 Å². The average Bonchev–Trinajstić information content (AvgIpc) is 2.51. The van der Waals surface area contributed by atoms with Crippen LogP contribution in [0.4, 0.5) is 30.7 Å². The Balaban J connectivity index is 2.30. The van der Waals surface area contributed by atoms with Crippen LogP contribution in [0.3, 0.4) is 0 Å². The maximum atomic E-state index is 13.7. The first-order chi connectivity index (χ1) is 11.5. The SMILES string of the molecule is NCc1ccc(OCc2ccc(C(F)(F)F)cc2C(F)(F)F)c(F)c1. The van der Waals surface area contributed by atoms with E-state index >= 15 is 0 Å². The van der Waals surface area contributed by atoms with Crippen molar-refractivity contribution in [1.29, 1.82) is 0 Å². The van der Waals surface area contributed by atoms with E-state index in [0.29, 0.717) is 17.7 Å². The minimum absolute atomic E-state index is 0.00652. The van der Waals surface area contributed by atoms with E-state index < -0.39 is 41.5 Å². The highest BCUT2D eigenvalue weighted by atomic mass is 19.4. The molecule has 0 amide bonds. The summed E-state index contributed by atoms with van der Waals surface area (Å²) in [4.78, 5) is 0. The molecular formula is C16H12F7NO. The molecule has 2 aromatic carbocycles. The number of nitrogens with two attached hydrogens (primary N) is 1. The number of hydrogen-bond donors (Lipinski definition) is 1. The Kier molecular flexibility index (Phi) is 5.26. The molecule has 0 aromatic heterocycles. The molecule has 0 saturated carbocycles. The molecule has 25 heavy (non-hydrogen) atoms. The molecule has 2 N–H and O–H groups in total. The van der Waals surface area contributed by atoms with Gasteiger partial charge in [-0.3, -0.25) is 0 Å². The summed E-state index contributed by atoms with van der Waals surface area (Å²) in [6, 6.07) is 4.86. The molecule has 0 unspecified atom stereocenters. The second-order valence-corrected chi connectivity index (χ2v) is 5.13. The zero-order valence-corrected chi connectivity index (χ0v) is 12.5. The van der Waals surface area contributed by atoms with Crippen molar-refractivity contribution in [3.05, 3.63) is 64.5 Å². The van der Waals surface area contributed by atoms with Crippen molar-refractivity contribution >= 4 is 0 Å². The molecule has 2 nitrogen and oxygen atoms in total. The first-order valence-corrected chi connectivity index (χ1v) is 6.91. The quantitative estimate of drug-likeness (QED) is 0.780. The van der Waals surface area contributed by atoms with Crippen LogP contribution in [-0.2, 0) is 25.5 Å². The maximum Gasteiger partial charge on any atom is 0.416 e. The van der Waals surface area contributed by atoms with E-state index in [1.807, 2.05) is 0 Å². The van der Waals surface area contributed by atoms with Crippen LogP contribution in [0.25, 0.3) is 0 Å². The van der Waals surface area contributed by atoms with Crippen molar-refractivity contribution in [3.63, 3.8) is 0 Å². The lowest BCUT2D eigenvalue weighted by Crippen LogP contribution is -2.14. The Labute approximate surface area is 138 Å². The highest BCUT2D eigenvalue weighted by Crippen LogP contribution is 2.37. The first-order valence-electron chi connectivity index (χ1n) is 6.91. The standard InChI is InChI=1S/C16H12F7NO/c17-13-5-9(7-24)1-4-14(13)25-8-10-2-3-11(15(18,19)20)6-12(10)16(21,22)23/h1-6H,7-8,24H2. The fourth-order valence-electron chi connectivity index (χ4n) is 2.09. The van der Waals surface area contributed by atoms with Crippen molar-refractivity contribution in [3.8, 4) is 5.75 Å². The molecule has 2 rings (SSSR count). The van der Waals surface area contributed by atoms with Crippen LogP contribution in [0, 0.1) is 5.82 Å². The molecule has 0 aliphatic rings. The van der Waals surface area contributed by atoms with Crippen molar-refractivity contribution in [2.24, 2.45) is 5.73 Å². The van der Waals surface area contributed by atoms with Gasteiger partial charge in [0.1, 0.15) is 6.61 Å². The number of ether oxygens (including phenoxy) is 1. The van der Waals surface area contributed by atoms with Gasteiger partial charge in [0.05, 0.1) is 11.1 Å². The van der Waals surface area contributed by atoms with Crippen molar-refractivity contribution in [1.82, 2.24) is 0 Å². The van der Waals surface area contributed by atoms with Crippen LogP contribution in [0.5, 0.6) is 5.75 Å². The Morgan fingerprint density at radius 2 is 1.56 bits per heavy atom. The van der Waals surface area contributed by atoms with Gasteiger partial charge in [0.15, 0.2) is 11.6 Å². The monoisotopic (exact) mass is 367 g/mol. The lowest BCUT2D eigenvalue weighted by molar-refractivity contribution is -0.143. The van der Waals surface area contributed by atoms with Gasteiger partial charge in [-0.25, -0.2) is 4.39 Å². The predicted molar refractivity (Wildman–Crippen MR) is 75.1 cm³/mol. The normalized spacial score (nSPS) is 12.3. The molecule has 0 aliphatic carbocycles. The van der Waals surface area contributed by atoms with Gasteiger partial charge in [-0.05, 0) is 29.8 Å². The van der Waals surface area contributed by atoms with Gasteiger partial charge in [0.25, 0.3) is 0 Å². The third kappa shape index (κ3) is 4.62. The van der Waals surface area contributed by atoms with Crippen LogP contribution in [0.2, 0.25) is 0 Å². The minimum Gasteiger partial charge on any atom is -0.486 e. The predicted octanol–water partition coefficient (Wildman–Crippen LogP) is 4.90.